The van der Waals surface area contributed by atoms with E-state index in [9.17, 15) is 4.79 Å². The molecule has 4 nitrogen and oxygen atoms in total. The van der Waals surface area contributed by atoms with Gasteiger partial charge in [0.2, 0.25) is 0 Å². The summed E-state index contributed by atoms with van der Waals surface area (Å²) < 4.78 is 0. The minimum absolute atomic E-state index is 0.112. The van der Waals surface area contributed by atoms with Gasteiger partial charge in [0.25, 0.3) is 0 Å². The molecule has 0 aromatic carbocycles. The Morgan fingerprint density at radius 3 is 2.60 bits per heavy atom. The highest BCUT2D eigenvalue weighted by atomic mass is 16.4. The van der Waals surface area contributed by atoms with Crippen molar-refractivity contribution in [2.75, 3.05) is 0 Å². The minimum atomic E-state index is -0.760. The molecule has 1 aliphatic rings. The van der Waals surface area contributed by atoms with Gasteiger partial charge in [0.05, 0.1) is 0 Å². The fraction of sp³-hybridized carbons (Fsp3) is 0.909. The summed E-state index contributed by atoms with van der Waals surface area (Å²) in [5.41, 5.74) is 5.87. The summed E-state index contributed by atoms with van der Waals surface area (Å²) in [6.45, 7) is 3.85. The summed E-state index contributed by atoms with van der Waals surface area (Å²) in [5, 5.41) is 12.3. The Balaban J connectivity index is 2.46. The summed E-state index contributed by atoms with van der Waals surface area (Å²) in [5.74, 6) is -0.648. The van der Waals surface area contributed by atoms with Crippen LogP contribution in [0.2, 0.25) is 0 Å². The SMILES string of the molecule is CC(C)C(NC1CCCC(N)C1)C(=O)O. The number of aliphatic carboxylic acids is 1. The predicted octanol–water partition coefficient (Wildman–Crippen LogP) is 0.955. The largest absolute Gasteiger partial charge is 0.480 e. The Kier molecular flexibility index (Phi) is 4.54. The molecule has 3 unspecified atom stereocenters. The minimum Gasteiger partial charge on any atom is -0.480 e. The van der Waals surface area contributed by atoms with Crippen LogP contribution in [0.3, 0.4) is 0 Å². The number of hydrogen-bond acceptors (Lipinski definition) is 3. The first-order chi connectivity index (χ1) is 7.00. The van der Waals surface area contributed by atoms with Crippen molar-refractivity contribution in [1.82, 2.24) is 5.32 Å². The Hall–Kier alpha value is -0.610. The van der Waals surface area contributed by atoms with Gasteiger partial charge in [-0.1, -0.05) is 20.3 Å². The molecule has 1 aliphatic carbocycles. The molecular weight excluding hydrogens is 192 g/mol. The fourth-order valence-corrected chi connectivity index (χ4v) is 2.18. The van der Waals surface area contributed by atoms with Crippen LogP contribution >= 0.6 is 0 Å². The lowest BCUT2D eigenvalue weighted by Gasteiger charge is -2.31. The van der Waals surface area contributed by atoms with Crippen molar-refractivity contribution < 1.29 is 9.90 Å². The summed E-state index contributed by atoms with van der Waals surface area (Å²) in [6, 6.07) is 0.0652. The van der Waals surface area contributed by atoms with Crippen LogP contribution in [0.4, 0.5) is 0 Å². The number of nitrogens with one attached hydrogen (secondary N) is 1. The van der Waals surface area contributed by atoms with Crippen LogP contribution in [-0.4, -0.2) is 29.2 Å². The molecule has 15 heavy (non-hydrogen) atoms. The fourth-order valence-electron chi connectivity index (χ4n) is 2.18. The quantitative estimate of drug-likeness (QED) is 0.651. The average Bonchev–Trinajstić information content (AvgIpc) is 2.13. The van der Waals surface area contributed by atoms with Gasteiger partial charge in [-0.25, -0.2) is 0 Å². The molecule has 1 fully saturated rings. The van der Waals surface area contributed by atoms with Gasteiger partial charge in [-0.3, -0.25) is 4.79 Å². The maximum absolute atomic E-state index is 11.0. The van der Waals surface area contributed by atoms with Crippen LogP contribution in [0.25, 0.3) is 0 Å². The lowest BCUT2D eigenvalue weighted by Crippen LogP contribution is -2.49. The molecule has 1 saturated carbocycles. The molecule has 0 saturated heterocycles. The summed E-state index contributed by atoms with van der Waals surface area (Å²) >= 11 is 0. The molecule has 3 atom stereocenters. The second-order valence-electron chi connectivity index (χ2n) is 4.85. The van der Waals surface area contributed by atoms with E-state index < -0.39 is 12.0 Å². The van der Waals surface area contributed by atoms with E-state index in [4.69, 9.17) is 10.8 Å². The van der Waals surface area contributed by atoms with Crippen molar-refractivity contribution in [2.24, 2.45) is 11.7 Å². The Labute approximate surface area is 91.2 Å². The van der Waals surface area contributed by atoms with Gasteiger partial charge < -0.3 is 16.2 Å². The van der Waals surface area contributed by atoms with E-state index >= 15 is 0 Å². The van der Waals surface area contributed by atoms with Crippen LogP contribution < -0.4 is 11.1 Å². The first kappa shape index (κ1) is 12.5. The topological polar surface area (TPSA) is 75.3 Å². The van der Waals surface area contributed by atoms with E-state index in [-0.39, 0.29) is 18.0 Å². The maximum Gasteiger partial charge on any atom is 0.320 e. The maximum atomic E-state index is 11.0. The standard InChI is InChI=1S/C11H22N2O2/c1-7(2)10(11(14)15)13-9-5-3-4-8(12)6-9/h7-10,13H,3-6,12H2,1-2H3,(H,14,15). The van der Waals surface area contributed by atoms with Crippen molar-refractivity contribution in [3.8, 4) is 0 Å². The van der Waals surface area contributed by atoms with E-state index in [1.807, 2.05) is 13.8 Å². The van der Waals surface area contributed by atoms with Crippen LogP contribution in [0.15, 0.2) is 0 Å². The molecule has 88 valence electrons. The van der Waals surface area contributed by atoms with E-state index in [1.165, 1.54) is 0 Å². The van der Waals surface area contributed by atoms with Gasteiger partial charge in [-0.15, -0.1) is 0 Å². The van der Waals surface area contributed by atoms with Gasteiger partial charge in [0.15, 0.2) is 0 Å². The molecule has 0 heterocycles. The van der Waals surface area contributed by atoms with Crippen LogP contribution in [0.1, 0.15) is 39.5 Å². The highest BCUT2D eigenvalue weighted by Crippen LogP contribution is 2.18. The van der Waals surface area contributed by atoms with Gasteiger partial charge in [0, 0.05) is 12.1 Å². The van der Waals surface area contributed by atoms with Crippen LogP contribution in [0, 0.1) is 5.92 Å². The summed E-state index contributed by atoms with van der Waals surface area (Å²) in [6.07, 6.45) is 4.11. The van der Waals surface area contributed by atoms with Crippen molar-refractivity contribution >= 4 is 5.97 Å². The van der Waals surface area contributed by atoms with Crippen molar-refractivity contribution in [2.45, 2.75) is 57.7 Å². The molecule has 0 spiro atoms. The number of nitrogens with two attached hydrogens (primary N) is 1. The third kappa shape index (κ3) is 3.80. The predicted molar refractivity (Wildman–Crippen MR) is 59.6 cm³/mol. The molecule has 0 aromatic heterocycles. The number of carboxylic acid groups (broad SMARTS) is 1. The zero-order chi connectivity index (χ0) is 11.4. The summed E-state index contributed by atoms with van der Waals surface area (Å²) in [7, 11) is 0. The number of carbonyl (C=O) groups is 1. The molecule has 0 aliphatic heterocycles. The zero-order valence-electron chi connectivity index (χ0n) is 9.57. The van der Waals surface area contributed by atoms with Crippen molar-refractivity contribution in [1.29, 1.82) is 0 Å². The molecule has 1 rings (SSSR count). The second kappa shape index (κ2) is 5.47. The first-order valence-corrected chi connectivity index (χ1v) is 5.75. The number of carboxylic acids is 1. The Bertz CT molecular complexity index is 219. The van der Waals surface area contributed by atoms with Gasteiger partial charge in [-0.05, 0) is 25.2 Å². The highest BCUT2D eigenvalue weighted by Gasteiger charge is 2.27. The lowest BCUT2D eigenvalue weighted by atomic mass is 9.90. The monoisotopic (exact) mass is 214 g/mol. The molecular formula is C11H22N2O2. The Morgan fingerprint density at radius 2 is 2.13 bits per heavy atom. The Morgan fingerprint density at radius 1 is 1.47 bits per heavy atom. The zero-order valence-corrected chi connectivity index (χ0v) is 9.57. The van der Waals surface area contributed by atoms with E-state index in [0.717, 1.165) is 25.7 Å². The van der Waals surface area contributed by atoms with Gasteiger partial charge in [0.1, 0.15) is 6.04 Å². The molecule has 4 N–H and O–H groups in total. The van der Waals surface area contributed by atoms with Crippen molar-refractivity contribution in [3.05, 3.63) is 0 Å². The molecule has 0 amide bonds. The van der Waals surface area contributed by atoms with Gasteiger partial charge in [-0.2, -0.15) is 0 Å². The number of hydrogen-bond donors (Lipinski definition) is 3. The normalized spacial score (nSPS) is 29.1. The van der Waals surface area contributed by atoms with Crippen LogP contribution in [-0.2, 0) is 4.79 Å². The third-order valence-corrected chi connectivity index (χ3v) is 3.06. The molecule has 0 aromatic rings. The highest BCUT2D eigenvalue weighted by molar-refractivity contribution is 5.73. The molecule has 4 heteroatoms. The smallest absolute Gasteiger partial charge is 0.320 e. The molecule has 0 radical (unpaired) electrons. The number of rotatable bonds is 4. The first-order valence-electron chi connectivity index (χ1n) is 5.75. The van der Waals surface area contributed by atoms with E-state index in [1.54, 1.807) is 0 Å². The third-order valence-electron chi connectivity index (χ3n) is 3.06. The average molecular weight is 214 g/mol. The van der Waals surface area contributed by atoms with Crippen molar-refractivity contribution in [3.63, 3.8) is 0 Å². The summed E-state index contributed by atoms with van der Waals surface area (Å²) in [4.78, 5) is 11.0. The van der Waals surface area contributed by atoms with Gasteiger partial charge >= 0.3 is 5.97 Å². The molecule has 0 bridgehead atoms. The lowest BCUT2D eigenvalue weighted by molar-refractivity contribution is -0.141. The van der Waals surface area contributed by atoms with Crippen LogP contribution in [0.5, 0.6) is 0 Å². The van der Waals surface area contributed by atoms with E-state index in [2.05, 4.69) is 5.32 Å². The second-order valence-corrected chi connectivity index (χ2v) is 4.85. The van der Waals surface area contributed by atoms with E-state index in [0.29, 0.717) is 0 Å².